The number of anilines is 1. The Morgan fingerprint density at radius 2 is 1.43 bits per heavy atom. The fourth-order valence-electron chi connectivity index (χ4n) is 1.98. The van der Waals surface area contributed by atoms with Crippen molar-refractivity contribution >= 4 is 12.0 Å². The first-order valence-electron chi connectivity index (χ1n) is 7.42. The van der Waals surface area contributed by atoms with Gasteiger partial charge in [-0.2, -0.15) is 0 Å². The van der Waals surface area contributed by atoms with Crippen molar-refractivity contribution in [3.05, 3.63) is 98.0 Å². The second-order valence-corrected chi connectivity index (χ2v) is 4.82. The number of benzene rings is 2. The van der Waals surface area contributed by atoms with Crippen molar-refractivity contribution in [2.24, 2.45) is 4.99 Å². The minimum absolute atomic E-state index is 1.11. The SMILES string of the molecule is C=CN=CN(C)c1ccccc1.c1ccc(-n2cccc2)cc1. The van der Waals surface area contributed by atoms with Crippen molar-refractivity contribution in [1.82, 2.24) is 4.57 Å². The molecule has 0 unspecified atom stereocenters. The Balaban J connectivity index is 0.000000167. The topological polar surface area (TPSA) is 20.5 Å². The molecule has 0 aliphatic rings. The molecule has 2 aromatic carbocycles. The molecule has 3 aromatic rings. The smallest absolute Gasteiger partial charge is 0.0946 e. The van der Waals surface area contributed by atoms with Gasteiger partial charge in [-0.25, -0.2) is 4.99 Å². The molecule has 116 valence electrons. The Labute approximate surface area is 137 Å². The predicted molar refractivity (Wildman–Crippen MR) is 99.3 cm³/mol. The summed E-state index contributed by atoms with van der Waals surface area (Å²) in [6.07, 6.45) is 7.31. The minimum atomic E-state index is 1.11. The summed E-state index contributed by atoms with van der Waals surface area (Å²) in [4.78, 5) is 5.85. The summed E-state index contributed by atoms with van der Waals surface area (Å²) in [6.45, 7) is 3.50. The van der Waals surface area contributed by atoms with Crippen LogP contribution in [0.2, 0.25) is 0 Å². The zero-order valence-electron chi connectivity index (χ0n) is 13.3. The van der Waals surface area contributed by atoms with Gasteiger partial charge in [-0.15, -0.1) is 0 Å². The maximum Gasteiger partial charge on any atom is 0.0946 e. The summed E-state index contributed by atoms with van der Waals surface area (Å²) in [5, 5.41) is 0. The van der Waals surface area contributed by atoms with E-state index in [-0.39, 0.29) is 0 Å². The molecule has 0 saturated heterocycles. The van der Waals surface area contributed by atoms with E-state index in [1.165, 1.54) is 11.9 Å². The third-order valence-electron chi connectivity index (χ3n) is 3.17. The number of para-hydroxylation sites is 2. The summed E-state index contributed by atoms with van der Waals surface area (Å²) in [7, 11) is 1.95. The van der Waals surface area contributed by atoms with Crippen LogP contribution in [0.4, 0.5) is 5.69 Å². The quantitative estimate of drug-likeness (QED) is 0.502. The van der Waals surface area contributed by atoms with Crippen LogP contribution in [0.15, 0.2) is 103 Å². The fourth-order valence-corrected chi connectivity index (χ4v) is 1.98. The molecule has 1 aromatic heterocycles. The Kier molecular flexibility index (Phi) is 6.42. The number of rotatable bonds is 4. The van der Waals surface area contributed by atoms with Crippen LogP contribution >= 0.6 is 0 Å². The van der Waals surface area contributed by atoms with E-state index in [1.54, 1.807) is 6.34 Å². The van der Waals surface area contributed by atoms with Gasteiger partial charge in [0.15, 0.2) is 0 Å². The van der Waals surface area contributed by atoms with Crippen LogP contribution in [0, 0.1) is 0 Å². The number of hydrogen-bond acceptors (Lipinski definition) is 1. The first-order chi connectivity index (χ1) is 11.3. The van der Waals surface area contributed by atoms with E-state index >= 15 is 0 Å². The fraction of sp³-hybridized carbons (Fsp3) is 0.0500. The van der Waals surface area contributed by atoms with Gasteiger partial charge in [0.05, 0.1) is 6.34 Å². The number of nitrogens with zero attached hydrogens (tertiary/aromatic N) is 3. The molecule has 3 rings (SSSR count). The van der Waals surface area contributed by atoms with Crippen molar-refractivity contribution in [2.75, 3.05) is 11.9 Å². The van der Waals surface area contributed by atoms with Gasteiger partial charge in [0.2, 0.25) is 0 Å². The summed E-state index contributed by atoms with van der Waals surface area (Å²) >= 11 is 0. The highest BCUT2D eigenvalue weighted by atomic mass is 15.1. The molecule has 0 fully saturated rings. The van der Waals surface area contributed by atoms with Gasteiger partial charge in [-0.3, -0.25) is 0 Å². The van der Waals surface area contributed by atoms with E-state index in [0.717, 1.165) is 5.69 Å². The monoisotopic (exact) mass is 303 g/mol. The predicted octanol–water partition coefficient (Wildman–Crippen LogP) is 4.77. The first-order valence-corrected chi connectivity index (χ1v) is 7.42. The maximum absolute atomic E-state index is 3.91. The van der Waals surface area contributed by atoms with E-state index in [2.05, 4.69) is 28.3 Å². The third-order valence-corrected chi connectivity index (χ3v) is 3.17. The maximum atomic E-state index is 3.91. The van der Waals surface area contributed by atoms with Crippen molar-refractivity contribution < 1.29 is 0 Å². The average molecular weight is 303 g/mol. The standard InChI is InChI=1S/C10H12N2.C10H9N/c1-3-11-9-12(2)10-7-5-4-6-8-10;1-2-6-10(7-3-1)11-8-4-5-9-11/h3-9H,1H2,2H3;1-9H. The summed E-state index contributed by atoms with van der Waals surface area (Å²) in [5.41, 5.74) is 2.32. The van der Waals surface area contributed by atoms with Crippen LogP contribution in [0.1, 0.15) is 0 Å². The van der Waals surface area contributed by atoms with Gasteiger partial charge >= 0.3 is 0 Å². The molecular weight excluding hydrogens is 282 g/mol. The van der Waals surface area contributed by atoms with Crippen molar-refractivity contribution in [2.45, 2.75) is 0 Å². The van der Waals surface area contributed by atoms with Crippen LogP contribution in [-0.4, -0.2) is 18.0 Å². The molecule has 0 aliphatic carbocycles. The molecule has 23 heavy (non-hydrogen) atoms. The molecule has 3 heteroatoms. The molecule has 0 radical (unpaired) electrons. The first kappa shape index (κ1) is 16.3. The third kappa shape index (κ3) is 5.32. The van der Waals surface area contributed by atoms with Gasteiger partial charge in [0, 0.05) is 37.0 Å². The molecule has 0 atom stereocenters. The van der Waals surface area contributed by atoms with Crippen molar-refractivity contribution in [1.29, 1.82) is 0 Å². The van der Waals surface area contributed by atoms with Crippen LogP contribution in [0.3, 0.4) is 0 Å². The highest BCUT2D eigenvalue weighted by Crippen LogP contribution is 2.08. The van der Waals surface area contributed by atoms with Crippen LogP contribution in [0.25, 0.3) is 5.69 Å². The van der Waals surface area contributed by atoms with E-state index in [0.29, 0.717) is 0 Å². The minimum Gasteiger partial charge on any atom is -0.336 e. The van der Waals surface area contributed by atoms with E-state index in [9.17, 15) is 0 Å². The number of aromatic nitrogens is 1. The molecule has 0 amide bonds. The van der Waals surface area contributed by atoms with Gasteiger partial charge in [0.1, 0.15) is 0 Å². The lowest BCUT2D eigenvalue weighted by molar-refractivity contribution is 1.08. The van der Waals surface area contributed by atoms with Crippen molar-refractivity contribution in [3.63, 3.8) is 0 Å². The molecule has 0 bridgehead atoms. The highest BCUT2D eigenvalue weighted by molar-refractivity contribution is 5.78. The highest BCUT2D eigenvalue weighted by Gasteiger charge is 1.92. The molecule has 0 N–H and O–H groups in total. The van der Waals surface area contributed by atoms with Crippen LogP contribution < -0.4 is 4.90 Å². The largest absolute Gasteiger partial charge is 0.336 e. The van der Waals surface area contributed by atoms with Crippen LogP contribution in [-0.2, 0) is 0 Å². The Morgan fingerprint density at radius 3 is 2.00 bits per heavy atom. The Bertz CT molecular complexity index is 701. The lowest BCUT2D eigenvalue weighted by Crippen LogP contribution is -2.13. The van der Waals surface area contributed by atoms with Gasteiger partial charge in [-0.1, -0.05) is 43.0 Å². The summed E-state index contributed by atoms with van der Waals surface area (Å²) in [5.74, 6) is 0. The van der Waals surface area contributed by atoms with Gasteiger partial charge < -0.3 is 9.47 Å². The molecule has 0 saturated carbocycles. The lowest BCUT2D eigenvalue weighted by atomic mass is 10.3. The number of aliphatic imine (C=N–C) groups is 1. The zero-order chi connectivity index (χ0) is 16.3. The summed E-state index contributed by atoms with van der Waals surface area (Å²) in [6, 6.07) is 24.3. The lowest BCUT2D eigenvalue weighted by Gasteiger charge is -2.11. The molecule has 1 heterocycles. The van der Waals surface area contributed by atoms with E-state index in [4.69, 9.17) is 0 Å². The molecule has 0 aliphatic heterocycles. The van der Waals surface area contributed by atoms with E-state index < -0.39 is 0 Å². The van der Waals surface area contributed by atoms with Crippen molar-refractivity contribution in [3.8, 4) is 5.69 Å². The van der Waals surface area contributed by atoms with Gasteiger partial charge in [-0.05, 0) is 36.4 Å². The van der Waals surface area contributed by atoms with Gasteiger partial charge in [0.25, 0.3) is 0 Å². The Hall–Kier alpha value is -3.07. The zero-order valence-corrected chi connectivity index (χ0v) is 13.3. The average Bonchev–Trinajstić information content (AvgIpc) is 3.16. The number of hydrogen-bond donors (Lipinski definition) is 0. The normalized spacial score (nSPS) is 9.96. The summed E-state index contributed by atoms with van der Waals surface area (Å²) < 4.78 is 2.08. The Morgan fingerprint density at radius 1 is 0.870 bits per heavy atom. The molecular formula is C20H21N3. The molecule has 0 spiro atoms. The van der Waals surface area contributed by atoms with E-state index in [1.807, 2.05) is 85.0 Å². The second-order valence-electron chi connectivity index (χ2n) is 4.82. The second kappa shape index (κ2) is 9.05. The van der Waals surface area contributed by atoms with Crippen LogP contribution in [0.5, 0.6) is 0 Å². The molecule has 3 nitrogen and oxygen atoms in total.